The average molecular weight is 246 g/mol. The number of halogens is 2. The molecule has 2 heterocycles. The van der Waals surface area contributed by atoms with Crippen molar-refractivity contribution in [3.8, 4) is 0 Å². The minimum atomic E-state index is -2.40. The van der Waals surface area contributed by atoms with E-state index in [2.05, 4.69) is 4.90 Å². The van der Waals surface area contributed by atoms with Crippen LogP contribution in [0.1, 0.15) is 6.42 Å². The number of alkyl halides is 2. The summed E-state index contributed by atoms with van der Waals surface area (Å²) >= 11 is 0. The summed E-state index contributed by atoms with van der Waals surface area (Å²) in [6.07, 6.45) is 0.0673. The van der Waals surface area contributed by atoms with Crippen LogP contribution in [0.4, 0.5) is 13.6 Å². The standard InChI is InChI=1S/C11H16F2N2O2/c12-11(13)8-5-14(6-9(8)11)2-1-7-3-15(4-7)10(16)17/h7-9H,1-6H2,(H,16,17). The lowest BCUT2D eigenvalue weighted by Gasteiger charge is -2.38. The zero-order valence-corrected chi connectivity index (χ0v) is 9.48. The number of likely N-dealkylation sites (tertiary alicyclic amines) is 2. The van der Waals surface area contributed by atoms with Crippen molar-refractivity contribution in [1.82, 2.24) is 9.80 Å². The fraction of sp³-hybridized carbons (Fsp3) is 0.909. The third kappa shape index (κ3) is 1.78. The summed E-state index contributed by atoms with van der Waals surface area (Å²) in [6, 6.07) is 0. The number of amides is 1. The van der Waals surface area contributed by atoms with Crippen molar-refractivity contribution in [2.75, 3.05) is 32.7 Å². The number of nitrogens with zero attached hydrogens (tertiary/aromatic N) is 2. The van der Waals surface area contributed by atoms with Gasteiger partial charge >= 0.3 is 6.09 Å². The topological polar surface area (TPSA) is 43.8 Å². The van der Waals surface area contributed by atoms with Crippen LogP contribution in [-0.4, -0.2) is 59.6 Å². The molecule has 4 nitrogen and oxygen atoms in total. The average Bonchev–Trinajstić information content (AvgIpc) is 2.61. The molecule has 17 heavy (non-hydrogen) atoms. The molecule has 1 saturated carbocycles. The number of rotatable bonds is 3. The van der Waals surface area contributed by atoms with Crippen molar-refractivity contribution in [1.29, 1.82) is 0 Å². The molecule has 2 unspecified atom stereocenters. The zero-order valence-electron chi connectivity index (χ0n) is 9.48. The molecule has 0 spiro atoms. The molecule has 3 aliphatic rings. The summed E-state index contributed by atoms with van der Waals surface area (Å²) in [5, 5.41) is 8.66. The van der Waals surface area contributed by atoms with Crippen molar-refractivity contribution in [2.24, 2.45) is 17.8 Å². The number of carboxylic acid groups (broad SMARTS) is 1. The predicted octanol–water partition coefficient (Wildman–Crippen LogP) is 1.18. The number of fused-ring (bicyclic) bond motifs is 1. The third-order valence-corrected chi connectivity index (χ3v) is 4.36. The summed E-state index contributed by atoms with van der Waals surface area (Å²) in [6.45, 7) is 3.08. The Morgan fingerprint density at radius 3 is 2.35 bits per heavy atom. The van der Waals surface area contributed by atoms with Crippen LogP contribution in [0.3, 0.4) is 0 Å². The number of hydrogen-bond acceptors (Lipinski definition) is 2. The van der Waals surface area contributed by atoms with E-state index >= 15 is 0 Å². The third-order valence-electron chi connectivity index (χ3n) is 4.36. The van der Waals surface area contributed by atoms with Crippen molar-refractivity contribution in [2.45, 2.75) is 12.3 Å². The molecule has 3 fully saturated rings. The molecule has 6 heteroatoms. The van der Waals surface area contributed by atoms with E-state index in [9.17, 15) is 13.6 Å². The van der Waals surface area contributed by atoms with Gasteiger partial charge in [0.05, 0.1) is 0 Å². The largest absolute Gasteiger partial charge is 0.465 e. The SMILES string of the molecule is O=C(O)N1CC(CCN2CC3C(C2)C3(F)F)C1. The van der Waals surface area contributed by atoms with Gasteiger partial charge in [-0.25, -0.2) is 13.6 Å². The second kappa shape index (κ2) is 3.54. The van der Waals surface area contributed by atoms with Crippen LogP contribution in [0.2, 0.25) is 0 Å². The smallest absolute Gasteiger partial charge is 0.407 e. The molecule has 3 rings (SSSR count). The molecule has 0 aromatic rings. The Morgan fingerprint density at radius 2 is 1.82 bits per heavy atom. The van der Waals surface area contributed by atoms with E-state index in [4.69, 9.17) is 5.11 Å². The van der Waals surface area contributed by atoms with Gasteiger partial charge in [-0.2, -0.15) is 0 Å². The van der Waals surface area contributed by atoms with Crippen molar-refractivity contribution in [3.05, 3.63) is 0 Å². The molecule has 96 valence electrons. The van der Waals surface area contributed by atoms with Gasteiger partial charge in [0.1, 0.15) is 0 Å². The van der Waals surface area contributed by atoms with Crippen LogP contribution in [0.15, 0.2) is 0 Å². The van der Waals surface area contributed by atoms with Crippen LogP contribution in [0.25, 0.3) is 0 Å². The fourth-order valence-corrected chi connectivity index (χ4v) is 3.05. The highest BCUT2D eigenvalue weighted by molar-refractivity contribution is 5.65. The monoisotopic (exact) mass is 246 g/mol. The Kier molecular flexibility index (Phi) is 2.33. The van der Waals surface area contributed by atoms with Crippen LogP contribution in [0.5, 0.6) is 0 Å². The Morgan fingerprint density at radius 1 is 1.24 bits per heavy atom. The molecule has 0 aromatic heterocycles. The van der Waals surface area contributed by atoms with E-state index in [-0.39, 0.29) is 0 Å². The Hall–Kier alpha value is -0.910. The Bertz CT molecular complexity index is 330. The maximum absolute atomic E-state index is 12.9. The minimum Gasteiger partial charge on any atom is -0.465 e. The van der Waals surface area contributed by atoms with Crippen molar-refractivity contribution >= 4 is 6.09 Å². The highest BCUT2D eigenvalue weighted by Crippen LogP contribution is 2.59. The summed E-state index contributed by atoms with van der Waals surface area (Å²) in [5.41, 5.74) is 0. The first kappa shape index (κ1) is 11.2. The number of piperidine rings is 1. The minimum absolute atomic E-state index is 0.403. The van der Waals surface area contributed by atoms with E-state index in [0.717, 1.165) is 13.0 Å². The molecule has 2 atom stereocenters. The van der Waals surface area contributed by atoms with Gasteiger partial charge < -0.3 is 14.9 Å². The lowest BCUT2D eigenvalue weighted by atomic mass is 9.97. The summed E-state index contributed by atoms with van der Waals surface area (Å²) < 4.78 is 25.9. The first-order chi connectivity index (χ1) is 7.98. The van der Waals surface area contributed by atoms with Crippen LogP contribution < -0.4 is 0 Å². The first-order valence-electron chi connectivity index (χ1n) is 6.06. The maximum atomic E-state index is 12.9. The highest BCUT2D eigenvalue weighted by Gasteiger charge is 2.71. The van der Waals surface area contributed by atoms with E-state index in [1.54, 1.807) is 0 Å². The van der Waals surface area contributed by atoms with E-state index in [1.165, 1.54) is 4.90 Å². The van der Waals surface area contributed by atoms with Gasteiger partial charge in [-0.05, 0) is 18.9 Å². The van der Waals surface area contributed by atoms with E-state index < -0.39 is 23.9 Å². The van der Waals surface area contributed by atoms with E-state index in [0.29, 0.717) is 32.1 Å². The molecule has 1 N–H and O–H groups in total. The van der Waals surface area contributed by atoms with Gasteiger partial charge in [-0.15, -0.1) is 0 Å². The summed E-state index contributed by atoms with van der Waals surface area (Å²) in [7, 11) is 0. The van der Waals surface area contributed by atoms with Gasteiger partial charge in [0.25, 0.3) is 5.92 Å². The highest BCUT2D eigenvalue weighted by atomic mass is 19.3. The van der Waals surface area contributed by atoms with Gasteiger partial charge in [0.15, 0.2) is 0 Å². The second-order valence-electron chi connectivity index (χ2n) is 5.49. The van der Waals surface area contributed by atoms with E-state index in [1.807, 2.05) is 0 Å². The van der Waals surface area contributed by atoms with Crippen molar-refractivity contribution < 1.29 is 18.7 Å². The van der Waals surface area contributed by atoms with Gasteiger partial charge in [0, 0.05) is 38.0 Å². The molecular formula is C11H16F2N2O2. The molecular weight excluding hydrogens is 230 g/mol. The first-order valence-corrected chi connectivity index (χ1v) is 6.06. The lowest BCUT2D eigenvalue weighted by molar-refractivity contribution is 0.0455. The summed E-state index contributed by atoms with van der Waals surface area (Å²) in [5.74, 6) is -2.78. The molecule has 1 amide bonds. The molecule has 0 bridgehead atoms. The maximum Gasteiger partial charge on any atom is 0.407 e. The van der Waals surface area contributed by atoms with Crippen LogP contribution >= 0.6 is 0 Å². The van der Waals surface area contributed by atoms with Gasteiger partial charge in [-0.1, -0.05) is 0 Å². The quantitative estimate of drug-likeness (QED) is 0.813. The predicted molar refractivity (Wildman–Crippen MR) is 56.1 cm³/mol. The summed E-state index contributed by atoms with van der Waals surface area (Å²) in [4.78, 5) is 14.0. The normalized spacial score (nSPS) is 35.5. The van der Waals surface area contributed by atoms with Crippen molar-refractivity contribution in [3.63, 3.8) is 0 Å². The molecule has 0 radical (unpaired) electrons. The second-order valence-corrected chi connectivity index (χ2v) is 5.49. The van der Waals surface area contributed by atoms with Crippen LogP contribution in [0, 0.1) is 17.8 Å². The van der Waals surface area contributed by atoms with Gasteiger partial charge in [0.2, 0.25) is 0 Å². The molecule has 2 saturated heterocycles. The zero-order chi connectivity index (χ0) is 12.2. The molecule has 0 aromatic carbocycles. The molecule has 1 aliphatic carbocycles. The molecule has 2 aliphatic heterocycles. The number of carbonyl (C=O) groups is 1. The van der Waals surface area contributed by atoms with Gasteiger partial charge in [-0.3, -0.25) is 0 Å². The lowest BCUT2D eigenvalue weighted by Crippen LogP contribution is -2.50. The van der Waals surface area contributed by atoms with Crippen LogP contribution in [-0.2, 0) is 0 Å². The fourth-order valence-electron chi connectivity index (χ4n) is 3.05. The Balaban J connectivity index is 1.34. The Labute approximate surface area is 98.2 Å². The number of hydrogen-bond donors (Lipinski definition) is 1.